The Balaban J connectivity index is 1.49. The Hall–Kier alpha value is -3.52. The van der Waals surface area contributed by atoms with Crippen molar-refractivity contribution in [1.82, 2.24) is 14.7 Å². The molecule has 4 rings (SSSR count). The lowest BCUT2D eigenvalue weighted by atomic mass is 10.1. The van der Waals surface area contributed by atoms with Gasteiger partial charge in [0.2, 0.25) is 5.91 Å². The molecular weight excluding hydrogens is 441 g/mol. The zero-order chi connectivity index (χ0) is 23.4. The summed E-state index contributed by atoms with van der Waals surface area (Å²) in [4.78, 5) is 17.2. The summed E-state index contributed by atoms with van der Waals surface area (Å²) in [6, 6.07) is 19.1. The van der Waals surface area contributed by atoms with Gasteiger partial charge in [-0.25, -0.2) is 17.8 Å². The predicted molar refractivity (Wildman–Crippen MR) is 124 cm³/mol. The van der Waals surface area contributed by atoms with Crippen LogP contribution in [0.25, 0.3) is 5.65 Å². The van der Waals surface area contributed by atoms with E-state index in [4.69, 9.17) is 0 Å². The second kappa shape index (κ2) is 9.54. The molecule has 0 aliphatic heterocycles. The SMILES string of the molecule is Cc1nc2ccccn2c1CCC(=O)NCC(c1ccccc1)S(=O)(=O)c1ccc(F)cc1. The molecule has 4 aromatic rings. The van der Waals surface area contributed by atoms with Crippen LogP contribution in [-0.2, 0) is 21.1 Å². The number of nitrogens with one attached hydrogen (secondary N) is 1. The maximum absolute atomic E-state index is 13.3. The number of aryl methyl sites for hydroxylation is 2. The molecular formula is C25H24FN3O3S. The van der Waals surface area contributed by atoms with Gasteiger partial charge in [0.15, 0.2) is 9.84 Å². The summed E-state index contributed by atoms with van der Waals surface area (Å²) in [5.74, 6) is -0.767. The van der Waals surface area contributed by atoms with E-state index < -0.39 is 20.9 Å². The summed E-state index contributed by atoms with van der Waals surface area (Å²) < 4.78 is 41.9. The molecule has 2 aromatic heterocycles. The standard InChI is InChI=1S/C25H24FN3O3S/c1-18-22(29-16-6-5-9-24(29)28-18)14-15-25(30)27-17-23(19-7-3-2-4-8-19)33(31,32)21-12-10-20(26)11-13-21/h2-13,16,23H,14-15,17H2,1H3,(H,27,30). The van der Waals surface area contributed by atoms with Gasteiger partial charge in [-0.15, -0.1) is 0 Å². The minimum Gasteiger partial charge on any atom is -0.354 e. The average molecular weight is 466 g/mol. The minimum absolute atomic E-state index is 0.00774. The molecule has 0 fully saturated rings. The van der Waals surface area contributed by atoms with Gasteiger partial charge in [-0.05, 0) is 55.3 Å². The molecule has 2 aromatic carbocycles. The quantitative estimate of drug-likeness (QED) is 0.398. The van der Waals surface area contributed by atoms with E-state index >= 15 is 0 Å². The highest BCUT2D eigenvalue weighted by Gasteiger charge is 2.29. The Labute approximate surface area is 192 Å². The molecule has 0 saturated carbocycles. The van der Waals surface area contributed by atoms with E-state index in [1.807, 2.05) is 35.7 Å². The summed E-state index contributed by atoms with van der Waals surface area (Å²) in [5.41, 5.74) is 3.18. The van der Waals surface area contributed by atoms with Crippen LogP contribution in [0.3, 0.4) is 0 Å². The molecule has 1 N–H and O–H groups in total. The molecule has 0 spiro atoms. The second-order valence-electron chi connectivity index (χ2n) is 7.78. The number of fused-ring (bicyclic) bond motifs is 1. The number of rotatable bonds is 8. The number of imidazole rings is 1. The highest BCUT2D eigenvalue weighted by Crippen LogP contribution is 2.28. The van der Waals surface area contributed by atoms with Crippen LogP contribution < -0.4 is 5.32 Å². The Bertz CT molecular complexity index is 1370. The molecule has 1 unspecified atom stereocenters. The molecule has 0 bridgehead atoms. The molecule has 0 saturated heterocycles. The summed E-state index contributed by atoms with van der Waals surface area (Å²) in [6.07, 6.45) is 2.58. The number of hydrogen-bond donors (Lipinski definition) is 1. The van der Waals surface area contributed by atoms with E-state index in [1.165, 1.54) is 12.1 Å². The van der Waals surface area contributed by atoms with Crippen molar-refractivity contribution in [2.45, 2.75) is 29.9 Å². The Morgan fingerprint density at radius 2 is 1.73 bits per heavy atom. The topological polar surface area (TPSA) is 80.5 Å². The van der Waals surface area contributed by atoms with Crippen LogP contribution in [0.2, 0.25) is 0 Å². The molecule has 0 aliphatic rings. The van der Waals surface area contributed by atoms with Crippen LogP contribution in [0.15, 0.2) is 83.9 Å². The normalized spacial score (nSPS) is 12.5. The molecule has 6 nitrogen and oxygen atoms in total. The number of sulfone groups is 1. The third-order valence-electron chi connectivity index (χ3n) is 5.59. The van der Waals surface area contributed by atoms with Gasteiger partial charge >= 0.3 is 0 Å². The van der Waals surface area contributed by atoms with Gasteiger partial charge in [0, 0.05) is 24.9 Å². The summed E-state index contributed by atoms with van der Waals surface area (Å²) in [5, 5.41) is 1.78. The van der Waals surface area contributed by atoms with Gasteiger partial charge in [-0.3, -0.25) is 4.79 Å². The molecule has 1 amide bonds. The van der Waals surface area contributed by atoms with Gasteiger partial charge < -0.3 is 9.72 Å². The van der Waals surface area contributed by atoms with E-state index in [-0.39, 0.29) is 23.8 Å². The van der Waals surface area contributed by atoms with Gasteiger partial charge in [-0.2, -0.15) is 0 Å². The summed E-state index contributed by atoms with van der Waals surface area (Å²) >= 11 is 0. The van der Waals surface area contributed by atoms with E-state index in [0.29, 0.717) is 12.0 Å². The van der Waals surface area contributed by atoms with Crippen LogP contribution in [0.5, 0.6) is 0 Å². The van der Waals surface area contributed by atoms with Crippen molar-refractivity contribution in [2.75, 3.05) is 6.54 Å². The highest BCUT2D eigenvalue weighted by atomic mass is 32.2. The van der Waals surface area contributed by atoms with Crippen molar-refractivity contribution >= 4 is 21.4 Å². The number of carbonyl (C=O) groups is 1. The van der Waals surface area contributed by atoms with Gasteiger partial charge in [0.25, 0.3) is 0 Å². The number of hydrogen-bond acceptors (Lipinski definition) is 4. The number of amides is 1. The van der Waals surface area contributed by atoms with Gasteiger partial charge in [0.05, 0.1) is 10.6 Å². The Kier molecular flexibility index (Phi) is 6.55. The van der Waals surface area contributed by atoms with Crippen LogP contribution >= 0.6 is 0 Å². The van der Waals surface area contributed by atoms with E-state index in [2.05, 4.69) is 10.3 Å². The van der Waals surface area contributed by atoms with Crippen molar-refractivity contribution in [3.8, 4) is 0 Å². The minimum atomic E-state index is -3.86. The molecule has 2 heterocycles. The van der Waals surface area contributed by atoms with E-state index in [9.17, 15) is 17.6 Å². The van der Waals surface area contributed by atoms with Crippen LogP contribution in [0.4, 0.5) is 4.39 Å². The molecule has 0 aliphatic carbocycles. The first-order chi connectivity index (χ1) is 15.9. The monoisotopic (exact) mass is 465 g/mol. The molecule has 33 heavy (non-hydrogen) atoms. The van der Waals surface area contributed by atoms with Crippen molar-refractivity contribution in [3.63, 3.8) is 0 Å². The first-order valence-corrected chi connectivity index (χ1v) is 12.1. The Morgan fingerprint density at radius 3 is 2.45 bits per heavy atom. The molecule has 0 radical (unpaired) electrons. The van der Waals surface area contributed by atoms with E-state index in [1.54, 1.807) is 30.3 Å². The number of halogens is 1. The van der Waals surface area contributed by atoms with Crippen LogP contribution in [0.1, 0.15) is 28.6 Å². The fraction of sp³-hybridized carbons (Fsp3) is 0.200. The van der Waals surface area contributed by atoms with Crippen molar-refractivity contribution < 1.29 is 17.6 Å². The van der Waals surface area contributed by atoms with Crippen molar-refractivity contribution in [2.24, 2.45) is 0 Å². The van der Waals surface area contributed by atoms with E-state index in [0.717, 1.165) is 29.2 Å². The second-order valence-corrected chi connectivity index (χ2v) is 9.91. The van der Waals surface area contributed by atoms with Gasteiger partial charge in [0.1, 0.15) is 16.7 Å². The van der Waals surface area contributed by atoms with Crippen LogP contribution in [-0.4, -0.2) is 30.3 Å². The third-order valence-corrected chi connectivity index (χ3v) is 7.71. The maximum atomic E-state index is 13.3. The smallest absolute Gasteiger partial charge is 0.220 e. The average Bonchev–Trinajstić information content (AvgIpc) is 3.13. The molecule has 1 atom stereocenters. The fourth-order valence-corrected chi connectivity index (χ4v) is 5.52. The molecule has 8 heteroatoms. The highest BCUT2D eigenvalue weighted by molar-refractivity contribution is 7.91. The lowest BCUT2D eigenvalue weighted by Crippen LogP contribution is -2.32. The maximum Gasteiger partial charge on any atom is 0.220 e. The number of pyridine rings is 1. The third kappa shape index (κ3) is 4.96. The number of benzene rings is 2. The van der Waals surface area contributed by atoms with Gasteiger partial charge in [-0.1, -0.05) is 36.4 Å². The number of nitrogens with zero attached hydrogens (tertiary/aromatic N) is 2. The van der Waals surface area contributed by atoms with Crippen molar-refractivity contribution in [3.05, 3.63) is 102 Å². The van der Waals surface area contributed by atoms with Crippen molar-refractivity contribution in [1.29, 1.82) is 0 Å². The zero-order valence-corrected chi connectivity index (χ0v) is 18.9. The summed E-state index contributed by atoms with van der Waals surface area (Å²) in [7, 11) is -3.86. The molecule has 170 valence electrons. The first-order valence-electron chi connectivity index (χ1n) is 10.6. The first kappa shape index (κ1) is 22.7. The van der Waals surface area contributed by atoms with Crippen LogP contribution in [0, 0.1) is 12.7 Å². The summed E-state index contributed by atoms with van der Waals surface area (Å²) in [6.45, 7) is 1.82. The predicted octanol–water partition coefficient (Wildman–Crippen LogP) is 4.05. The lowest BCUT2D eigenvalue weighted by Gasteiger charge is -2.19. The number of carbonyl (C=O) groups excluding carboxylic acids is 1. The fourth-order valence-electron chi connectivity index (χ4n) is 3.86. The lowest BCUT2D eigenvalue weighted by molar-refractivity contribution is -0.121. The zero-order valence-electron chi connectivity index (χ0n) is 18.1. The number of aromatic nitrogens is 2. The Morgan fingerprint density at radius 1 is 1.03 bits per heavy atom. The largest absolute Gasteiger partial charge is 0.354 e.